The van der Waals surface area contributed by atoms with Gasteiger partial charge in [-0.25, -0.2) is 4.79 Å². The predicted octanol–water partition coefficient (Wildman–Crippen LogP) is 1.66. The van der Waals surface area contributed by atoms with Gasteiger partial charge in [0.1, 0.15) is 0 Å². The molecule has 1 aromatic carbocycles. The highest BCUT2D eigenvalue weighted by Crippen LogP contribution is 2.35. The third-order valence-electron chi connectivity index (χ3n) is 4.11. The summed E-state index contributed by atoms with van der Waals surface area (Å²) in [6.07, 6.45) is 3.58. The number of carboxylic acid groups (broad SMARTS) is 1. The van der Waals surface area contributed by atoms with Crippen molar-refractivity contribution in [3.8, 4) is 0 Å². The van der Waals surface area contributed by atoms with Crippen molar-refractivity contribution in [2.75, 3.05) is 11.4 Å². The van der Waals surface area contributed by atoms with Gasteiger partial charge in [-0.2, -0.15) is 0 Å². The Hall–Kier alpha value is -1.55. The van der Waals surface area contributed by atoms with Crippen molar-refractivity contribution in [2.24, 2.45) is 0 Å². The number of anilines is 1. The number of carbonyl (C=O) groups is 1. The number of hydrogen-bond donors (Lipinski definition) is 2. The van der Waals surface area contributed by atoms with Crippen LogP contribution in [0.3, 0.4) is 0 Å². The Labute approximate surface area is 106 Å². The van der Waals surface area contributed by atoms with Gasteiger partial charge in [-0.05, 0) is 43.4 Å². The molecule has 2 aliphatic rings. The third kappa shape index (κ3) is 1.77. The van der Waals surface area contributed by atoms with Gasteiger partial charge in [0, 0.05) is 12.2 Å². The number of nitrogens with zero attached hydrogens (tertiary/aromatic N) is 1. The second kappa shape index (κ2) is 4.28. The molecule has 4 nitrogen and oxygen atoms in total. The van der Waals surface area contributed by atoms with E-state index in [-0.39, 0.29) is 12.1 Å². The Kier molecular flexibility index (Phi) is 2.74. The fourth-order valence-corrected chi connectivity index (χ4v) is 3.17. The van der Waals surface area contributed by atoms with Crippen LogP contribution in [0, 0.1) is 0 Å². The molecule has 1 aliphatic heterocycles. The van der Waals surface area contributed by atoms with Crippen molar-refractivity contribution in [1.82, 2.24) is 0 Å². The van der Waals surface area contributed by atoms with Gasteiger partial charge in [0.15, 0.2) is 0 Å². The van der Waals surface area contributed by atoms with Crippen LogP contribution in [-0.2, 0) is 6.42 Å². The molecule has 1 heterocycles. The summed E-state index contributed by atoms with van der Waals surface area (Å²) in [5, 5.41) is 19.0. The molecule has 2 unspecified atom stereocenters. The van der Waals surface area contributed by atoms with Crippen molar-refractivity contribution in [3.05, 3.63) is 29.3 Å². The van der Waals surface area contributed by atoms with Gasteiger partial charge >= 0.3 is 5.97 Å². The van der Waals surface area contributed by atoms with Crippen LogP contribution in [0.5, 0.6) is 0 Å². The lowest BCUT2D eigenvalue weighted by molar-refractivity contribution is 0.0697. The fourth-order valence-electron chi connectivity index (χ4n) is 3.17. The first-order valence-electron chi connectivity index (χ1n) is 6.48. The summed E-state index contributed by atoms with van der Waals surface area (Å²) >= 11 is 0. The molecule has 2 N–H and O–H groups in total. The minimum Gasteiger partial charge on any atom is -0.478 e. The Morgan fingerprint density at radius 3 is 2.83 bits per heavy atom. The van der Waals surface area contributed by atoms with Crippen molar-refractivity contribution in [1.29, 1.82) is 0 Å². The van der Waals surface area contributed by atoms with Crippen molar-refractivity contribution >= 4 is 11.7 Å². The molecule has 0 amide bonds. The van der Waals surface area contributed by atoms with E-state index in [1.54, 1.807) is 12.1 Å². The second-order valence-corrected chi connectivity index (χ2v) is 5.16. The molecule has 18 heavy (non-hydrogen) atoms. The van der Waals surface area contributed by atoms with E-state index < -0.39 is 5.97 Å². The molecule has 4 heteroatoms. The molecule has 1 aromatic rings. The highest BCUT2D eigenvalue weighted by molar-refractivity contribution is 5.89. The summed E-state index contributed by atoms with van der Waals surface area (Å²) in [6, 6.07) is 5.47. The third-order valence-corrected chi connectivity index (χ3v) is 4.11. The number of aliphatic hydroxyl groups is 1. The first kappa shape index (κ1) is 11.5. The lowest BCUT2D eigenvalue weighted by Crippen LogP contribution is -2.39. The van der Waals surface area contributed by atoms with E-state index in [0.29, 0.717) is 5.56 Å². The molecule has 96 valence electrons. The number of carboxylic acids is 1. The molecule has 0 bridgehead atoms. The zero-order chi connectivity index (χ0) is 12.7. The maximum absolute atomic E-state index is 11.0. The lowest BCUT2D eigenvalue weighted by Gasteiger charge is -2.29. The number of hydrogen-bond acceptors (Lipinski definition) is 3. The van der Waals surface area contributed by atoms with Gasteiger partial charge in [-0.3, -0.25) is 0 Å². The number of aliphatic hydroxyl groups excluding tert-OH is 1. The monoisotopic (exact) mass is 247 g/mol. The summed E-state index contributed by atoms with van der Waals surface area (Å²) < 4.78 is 0. The van der Waals surface area contributed by atoms with Gasteiger partial charge in [0.05, 0.1) is 17.7 Å². The van der Waals surface area contributed by atoms with Crippen LogP contribution in [-0.4, -0.2) is 34.9 Å². The molecular formula is C14H17NO3. The maximum Gasteiger partial charge on any atom is 0.335 e. The van der Waals surface area contributed by atoms with E-state index in [2.05, 4.69) is 4.90 Å². The molecule has 1 fully saturated rings. The molecule has 0 saturated heterocycles. The largest absolute Gasteiger partial charge is 0.478 e. The van der Waals surface area contributed by atoms with Crippen LogP contribution in [0.4, 0.5) is 5.69 Å². The van der Waals surface area contributed by atoms with E-state index >= 15 is 0 Å². The van der Waals surface area contributed by atoms with Crippen LogP contribution in [0.25, 0.3) is 0 Å². The van der Waals surface area contributed by atoms with E-state index in [0.717, 1.165) is 37.9 Å². The smallest absolute Gasteiger partial charge is 0.335 e. The molecule has 0 radical (unpaired) electrons. The quantitative estimate of drug-likeness (QED) is 0.834. The Morgan fingerprint density at radius 2 is 2.17 bits per heavy atom. The summed E-state index contributed by atoms with van der Waals surface area (Å²) in [4.78, 5) is 13.2. The minimum atomic E-state index is -0.892. The van der Waals surface area contributed by atoms with E-state index in [1.807, 2.05) is 6.07 Å². The maximum atomic E-state index is 11.0. The van der Waals surface area contributed by atoms with Crippen LogP contribution in [0.15, 0.2) is 18.2 Å². The topological polar surface area (TPSA) is 60.8 Å². The number of rotatable bonds is 2. The van der Waals surface area contributed by atoms with Crippen molar-refractivity contribution in [3.63, 3.8) is 0 Å². The number of fused-ring (bicyclic) bond motifs is 1. The summed E-state index contributed by atoms with van der Waals surface area (Å²) in [5.74, 6) is -0.892. The number of aromatic carboxylic acids is 1. The van der Waals surface area contributed by atoms with Gasteiger partial charge in [0.2, 0.25) is 0 Å². The zero-order valence-electron chi connectivity index (χ0n) is 10.2. The molecule has 0 aromatic heterocycles. The van der Waals surface area contributed by atoms with Crippen LogP contribution in [0.1, 0.15) is 35.2 Å². The van der Waals surface area contributed by atoms with Crippen molar-refractivity contribution < 1.29 is 15.0 Å². The van der Waals surface area contributed by atoms with Crippen LogP contribution < -0.4 is 4.90 Å². The average Bonchev–Trinajstić information content (AvgIpc) is 2.93. The summed E-state index contributed by atoms with van der Waals surface area (Å²) in [6.45, 7) is 0.889. The van der Waals surface area contributed by atoms with Gasteiger partial charge in [-0.1, -0.05) is 6.07 Å². The minimum absolute atomic E-state index is 0.162. The van der Waals surface area contributed by atoms with Crippen LogP contribution in [0.2, 0.25) is 0 Å². The predicted molar refractivity (Wildman–Crippen MR) is 68.1 cm³/mol. The normalized spacial score (nSPS) is 26.4. The standard InChI is InChI=1S/C14H17NO3/c16-13-3-1-2-11(13)15-7-6-9-4-5-10(14(17)18)8-12(9)15/h4-5,8,11,13,16H,1-3,6-7H2,(H,17,18). The van der Waals surface area contributed by atoms with Gasteiger partial charge in [-0.15, -0.1) is 0 Å². The zero-order valence-corrected chi connectivity index (χ0v) is 10.2. The Balaban J connectivity index is 1.94. The Morgan fingerprint density at radius 1 is 1.33 bits per heavy atom. The van der Waals surface area contributed by atoms with Crippen LogP contribution >= 0.6 is 0 Å². The molecule has 1 saturated carbocycles. The molecule has 1 aliphatic carbocycles. The summed E-state index contributed by atoms with van der Waals surface area (Å²) in [5.41, 5.74) is 2.52. The van der Waals surface area contributed by atoms with Crippen molar-refractivity contribution in [2.45, 2.75) is 37.8 Å². The fraction of sp³-hybridized carbons (Fsp3) is 0.500. The first-order valence-corrected chi connectivity index (χ1v) is 6.48. The number of benzene rings is 1. The molecule has 3 rings (SSSR count). The molecule has 2 atom stereocenters. The molecular weight excluding hydrogens is 230 g/mol. The highest BCUT2D eigenvalue weighted by atomic mass is 16.4. The SMILES string of the molecule is O=C(O)c1ccc2c(c1)N(C1CCCC1O)CC2. The first-order chi connectivity index (χ1) is 8.66. The Bertz CT molecular complexity index is 486. The highest BCUT2D eigenvalue weighted by Gasteiger charge is 2.34. The van der Waals surface area contributed by atoms with Gasteiger partial charge < -0.3 is 15.1 Å². The summed E-state index contributed by atoms with van der Waals surface area (Å²) in [7, 11) is 0. The van der Waals surface area contributed by atoms with E-state index in [4.69, 9.17) is 5.11 Å². The van der Waals surface area contributed by atoms with Gasteiger partial charge in [0.25, 0.3) is 0 Å². The van der Waals surface area contributed by atoms with E-state index in [9.17, 15) is 9.90 Å². The lowest BCUT2D eigenvalue weighted by atomic mass is 10.1. The molecule has 0 spiro atoms. The van der Waals surface area contributed by atoms with E-state index in [1.165, 1.54) is 5.56 Å². The second-order valence-electron chi connectivity index (χ2n) is 5.16. The average molecular weight is 247 g/mol.